The van der Waals surface area contributed by atoms with E-state index in [9.17, 15) is 9.59 Å². The molecule has 1 saturated heterocycles. The highest BCUT2D eigenvalue weighted by Gasteiger charge is 2.24. The van der Waals surface area contributed by atoms with E-state index < -0.39 is 11.8 Å². The van der Waals surface area contributed by atoms with E-state index in [-0.39, 0.29) is 5.96 Å². The van der Waals surface area contributed by atoms with Crippen LogP contribution < -0.4 is 10.6 Å². The van der Waals surface area contributed by atoms with Crippen molar-refractivity contribution in [1.82, 2.24) is 10.6 Å². The summed E-state index contributed by atoms with van der Waals surface area (Å²) < 4.78 is 0.963. The fourth-order valence-corrected chi connectivity index (χ4v) is 1.69. The first-order valence-electron chi connectivity index (χ1n) is 4.56. The van der Waals surface area contributed by atoms with Gasteiger partial charge in [-0.3, -0.25) is 20.2 Å². The maximum Gasteiger partial charge on any atom is 0.316 e. The van der Waals surface area contributed by atoms with Crippen LogP contribution in [0.1, 0.15) is 5.56 Å². The Hall–Kier alpha value is -1.69. The first kappa shape index (κ1) is 10.8. The number of benzene rings is 1. The molecule has 16 heavy (non-hydrogen) atoms. The zero-order valence-electron chi connectivity index (χ0n) is 8.16. The molecular weight excluding hydrogens is 274 g/mol. The lowest BCUT2D eigenvalue weighted by Crippen LogP contribution is -2.25. The molecule has 0 atom stereocenters. The Bertz CT molecular complexity index is 467. The van der Waals surface area contributed by atoms with Gasteiger partial charge in [-0.2, -0.15) is 0 Å². The second kappa shape index (κ2) is 4.44. The summed E-state index contributed by atoms with van der Waals surface area (Å²) in [4.78, 5) is 25.7. The number of guanidine groups is 1. The number of hydrogen-bond acceptors (Lipinski definition) is 3. The van der Waals surface area contributed by atoms with Crippen LogP contribution >= 0.6 is 15.9 Å². The number of hydrogen-bond donors (Lipinski definition) is 2. The summed E-state index contributed by atoms with van der Waals surface area (Å²) in [7, 11) is 0. The largest absolute Gasteiger partial charge is 0.316 e. The molecule has 1 aromatic rings. The number of nitrogens with zero attached hydrogens (tertiary/aromatic N) is 1. The predicted molar refractivity (Wildman–Crippen MR) is 61.6 cm³/mol. The van der Waals surface area contributed by atoms with Gasteiger partial charge >= 0.3 is 11.8 Å². The van der Waals surface area contributed by atoms with Crippen molar-refractivity contribution in [3.8, 4) is 0 Å². The molecule has 0 unspecified atom stereocenters. The zero-order valence-corrected chi connectivity index (χ0v) is 9.74. The van der Waals surface area contributed by atoms with E-state index in [4.69, 9.17) is 0 Å². The summed E-state index contributed by atoms with van der Waals surface area (Å²) in [6.45, 7) is 0.398. The summed E-state index contributed by atoms with van der Waals surface area (Å²) in [5.74, 6) is -1.14. The number of aliphatic imine (C=N–C) groups is 1. The SMILES string of the molecule is O=C1NC(=NCc2cccc(Br)c2)NC1=O. The fraction of sp³-hybridized carbons (Fsp3) is 0.100. The Morgan fingerprint density at radius 1 is 1.19 bits per heavy atom. The second-order valence-electron chi connectivity index (χ2n) is 3.20. The van der Waals surface area contributed by atoms with E-state index in [1.165, 1.54) is 0 Å². The third-order valence-electron chi connectivity index (χ3n) is 1.98. The first-order valence-corrected chi connectivity index (χ1v) is 5.35. The smallest absolute Gasteiger partial charge is 0.288 e. The molecule has 1 heterocycles. The van der Waals surface area contributed by atoms with Gasteiger partial charge in [-0.05, 0) is 17.7 Å². The number of carbonyl (C=O) groups excluding carboxylic acids is 2. The molecule has 1 fully saturated rings. The monoisotopic (exact) mass is 281 g/mol. The van der Waals surface area contributed by atoms with Crippen molar-refractivity contribution in [3.63, 3.8) is 0 Å². The summed E-state index contributed by atoms with van der Waals surface area (Å²) in [5, 5.41) is 4.65. The van der Waals surface area contributed by atoms with E-state index in [1.807, 2.05) is 24.3 Å². The Labute approximate surface area is 100 Å². The lowest BCUT2D eigenvalue weighted by molar-refractivity contribution is -0.135. The van der Waals surface area contributed by atoms with Crippen LogP contribution in [0.15, 0.2) is 33.7 Å². The molecular formula is C10H8BrN3O2. The van der Waals surface area contributed by atoms with Gasteiger partial charge < -0.3 is 0 Å². The van der Waals surface area contributed by atoms with Crippen LogP contribution in [0.3, 0.4) is 0 Å². The third kappa shape index (κ3) is 2.46. The average molecular weight is 282 g/mol. The Kier molecular flexibility index (Phi) is 3.00. The van der Waals surface area contributed by atoms with Crippen molar-refractivity contribution in [2.75, 3.05) is 0 Å². The van der Waals surface area contributed by atoms with E-state index >= 15 is 0 Å². The molecule has 0 bridgehead atoms. The number of amides is 2. The van der Waals surface area contributed by atoms with Crippen molar-refractivity contribution < 1.29 is 9.59 Å². The van der Waals surface area contributed by atoms with Crippen LogP contribution in [-0.2, 0) is 16.1 Å². The van der Waals surface area contributed by atoms with Crippen LogP contribution in [0.25, 0.3) is 0 Å². The lowest BCUT2D eigenvalue weighted by atomic mass is 10.2. The van der Waals surface area contributed by atoms with Gasteiger partial charge in [-0.1, -0.05) is 28.1 Å². The fourth-order valence-electron chi connectivity index (χ4n) is 1.24. The normalized spacial score (nSPS) is 14.7. The Morgan fingerprint density at radius 2 is 1.88 bits per heavy atom. The molecule has 2 N–H and O–H groups in total. The Balaban J connectivity index is 2.05. The third-order valence-corrected chi connectivity index (χ3v) is 2.47. The van der Waals surface area contributed by atoms with Gasteiger partial charge in [0.15, 0.2) is 0 Å². The number of carbonyl (C=O) groups is 2. The Morgan fingerprint density at radius 3 is 2.50 bits per heavy atom. The van der Waals surface area contributed by atoms with Crippen LogP contribution in [0.2, 0.25) is 0 Å². The number of nitrogens with one attached hydrogen (secondary N) is 2. The number of halogens is 1. The van der Waals surface area contributed by atoms with Crippen LogP contribution in [0, 0.1) is 0 Å². The van der Waals surface area contributed by atoms with E-state index in [2.05, 4.69) is 31.6 Å². The van der Waals surface area contributed by atoms with Gasteiger partial charge in [-0.15, -0.1) is 0 Å². The lowest BCUT2D eigenvalue weighted by Gasteiger charge is -1.99. The molecule has 82 valence electrons. The van der Waals surface area contributed by atoms with Crippen molar-refractivity contribution in [2.24, 2.45) is 4.99 Å². The van der Waals surface area contributed by atoms with Crippen molar-refractivity contribution in [2.45, 2.75) is 6.54 Å². The van der Waals surface area contributed by atoms with Gasteiger partial charge in [0.25, 0.3) is 0 Å². The maximum absolute atomic E-state index is 10.8. The molecule has 6 heteroatoms. The van der Waals surface area contributed by atoms with Gasteiger partial charge in [0, 0.05) is 4.47 Å². The van der Waals surface area contributed by atoms with Gasteiger partial charge in [0.2, 0.25) is 5.96 Å². The minimum atomic E-state index is -0.673. The van der Waals surface area contributed by atoms with Crippen molar-refractivity contribution >= 4 is 33.7 Å². The standard InChI is InChI=1S/C10H8BrN3O2/c11-7-3-1-2-6(4-7)5-12-10-13-8(15)9(16)14-10/h1-4H,5H2,(H2,12,13,14,15,16). The first-order chi connectivity index (χ1) is 7.65. The molecule has 2 rings (SSSR count). The minimum Gasteiger partial charge on any atom is -0.288 e. The molecule has 1 aliphatic heterocycles. The molecule has 0 radical (unpaired) electrons. The quantitative estimate of drug-likeness (QED) is 0.778. The second-order valence-corrected chi connectivity index (χ2v) is 4.12. The van der Waals surface area contributed by atoms with Crippen molar-refractivity contribution in [1.29, 1.82) is 0 Å². The minimum absolute atomic E-state index is 0.204. The van der Waals surface area contributed by atoms with Crippen LogP contribution in [0.4, 0.5) is 0 Å². The average Bonchev–Trinajstić information content (AvgIpc) is 2.56. The number of rotatable bonds is 2. The predicted octanol–water partition coefficient (Wildman–Crippen LogP) is 0.551. The molecule has 0 aliphatic carbocycles. The van der Waals surface area contributed by atoms with E-state index in [1.54, 1.807) is 0 Å². The highest BCUT2D eigenvalue weighted by molar-refractivity contribution is 9.10. The molecule has 2 amide bonds. The van der Waals surface area contributed by atoms with E-state index in [0.717, 1.165) is 10.0 Å². The maximum atomic E-state index is 10.8. The highest BCUT2D eigenvalue weighted by atomic mass is 79.9. The van der Waals surface area contributed by atoms with Crippen LogP contribution in [-0.4, -0.2) is 17.8 Å². The summed E-state index contributed by atoms with van der Waals surface area (Å²) in [6, 6.07) is 7.64. The van der Waals surface area contributed by atoms with Crippen LogP contribution in [0.5, 0.6) is 0 Å². The molecule has 0 saturated carbocycles. The molecule has 0 spiro atoms. The zero-order chi connectivity index (χ0) is 11.5. The molecule has 5 nitrogen and oxygen atoms in total. The van der Waals surface area contributed by atoms with Gasteiger partial charge in [-0.25, -0.2) is 4.99 Å². The summed E-state index contributed by atoms with van der Waals surface area (Å²) in [6.07, 6.45) is 0. The summed E-state index contributed by atoms with van der Waals surface area (Å²) >= 11 is 3.35. The molecule has 1 aliphatic rings. The van der Waals surface area contributed by atoms with Gasteiger partial charge in [0.1, 0.15) is 0 Å². The topological polar surface area (TPSA) is 70.6 Å². The van der Waals surface area contributed by atoms with Crippen molar-refractivity contribution in [3.05, 3.63) is 34.3 Å². The van der Waals surface area contributed by atoms with E-state index in [0.29, 0.717) is 6.54 Å². The molecule has 0 aromatic heterocycles. The van der Waals surface area contributed by atoms with Gasteiger partial charge in [0.05, 0.1) is 6.54 Å². The highest BCUT2D eigenvalue weighted by Crippen LogP contribution is 2.12. The molecule has 1 aromatic carbocycles. The summed E-state index contributed by atoms with van der Waals surface area (Å²) in [5.41, 5.74) is 0.984.